The molecule has 2 N–H and O–H groups in total. The van der Waals surface area contributed by atoms with E-state index in [4.69, 9.17) is 4.55 Å². The highest BCUT2D eigenvalue weighted by molar-refractivity contribution is 7.85. The standard InChI is InChI=1S/C17H21N.C6H6O3S.2H2S/c1-13-9-11-17(12-10-13)15(3)18-14(2)16-7-5-4-6-8-16;7-10(8,9)6-4-2-1-3-5-6;;/h4-12,14-15,18H,1-3H3;1-5H,(H,7,8,9);2*1H2/t14-,15-;;;/m0.../s1. The molecule has 0 heterocycles. The lowest BCUT2D eigenvalue weighted by Gasteiger charge is -2.21. The summed E-state index contributed by atoms with van der Waals surface area (Å²) in [6, 6.07) is 27.4. The maximum Gasteiger partial charge on any atom is 0.294 e. The molecular weight excluding hydrogens is 434 g/mol. The first-order valence-electron chi connectivity index (χ1n) is 9.17. The van der Waals surface area contributed by atoms with Gasteiger partial charge in [-0.1, -0.05) is 78.4 Å². The van der Waals surface area contributed by atoms with Crippen molar-refractivity contribution in [2.75, 3.05) is 0 Å². The van der Waals surface area contributed by atoms with Gasteiger partial charge in [-0.2, -0.15) is 35.4 Å². The Labute approximate surface area is 194 Å². The molecule has 2 atom stereocenters. The van der Waals surface area contributed by atoms with E-state index < -0.39 is 10.1 Å². The van der Waals surface area contributed by atoms with Gasteiger partial charge in [-0.15, -0.1) is 0 Å². The smallest absolute Gasteiger partial charge is 0.294 e. The van der Waals surface area contributed by atoms with Crippen LogP contribution >= 0.6 is 27.0 Å². The molecule has 0 unspecified atom stereocenters. The number of hydrogen-bond acceptors (Lipinski definition) is 3. The molecule has 0 aliphatic heterocycles. The van der Waals surface area contributed by atoms with Crippen LogP contribution in [-0.2, 0) is 10.1 Å². The van der Waals surface area contributed by atoms with Gasteiger partial charge in [0.1, 0.15) is 0 Å². The zero-order valence-corrected chi connectivity index (χ0v) is 20.2. The molecule has 0 fully saturated rings. The molecule has 3 aromatic carbocycles. The number of rotatable bonds is 5. The minimum absolute atomic E-state index is 0. The molecule has 0 aliphatic rings. The number of aryl methyl sites for hydroxylation is 1. The zero-order chi connectivity index (χ0) is 20.6. The largest absolute Gasteiger partial charge is 0.304 e. The van der Waals surface area contributed by atoms with Crippen molar-refractivity contribution in [3.8, 4) is 0 Å². The van der Waals surface area contributed by atoms with E-state index in [9.17, 15) is 8.42 Å². The van der Waals surface area contributed by atoms with Crippen LogP contribution in [0.5, 0.6) is 0 Å². The van der Waals surface area contributed by atoms with Crippen LogP contribution in [0.25, 0.3) is 0 Å². The first-order valence-corrected chi connectivity index (χ1v) is 10.6. The Hall–Kier alpha value is -1.77. The van der Waals surface area contributed by atoms with Gasteiger partial charge in [0.05, 0.1) is 4.90 Å². The molecular formula is C23H31NO3S3. The van der Waals surface area contributed by atoms with Crippen molar-refractivity contribution >= 4 is 37.1 Å². The van der Waals surface area contributed by atoms with Crippen molar-refractivity contribution in [1.82, 2.24) is 5.32 Å². The Morgan fingerprint density at radius 1 is 0.700 bits per heavy atom. The van der Waals surface area contributed by atoms with Gasteiger partial charge in [-0.3, -0.25) is 4.55 Å². The van der Waals surface area contributed by atoms with Crippen molar-refractivity contribution in [3.05, 3.63) is 102 Å². The van der Waals surface area contributed by atoms with E-state index in [0.717, 1.165) is 0 Å². The van der Waals surface area contributed by atoms with Crippen molar-refractivity contribution < 1.29 is 13.0 Å². The number of hydrogen-bond donors (Lipinski definition) is 2. The van der Waals surface area contributed by atoms with Gasteiger partial charge in [0.25, 0.3) is 10.1 Å². The lowest BCUT2D eigenvalue weighted by atomic mass is 10.0. The van der Waals surface area contributed by atoms with Crippen LogP contribution in [0.15, 0.2) is 89.8 Å². The fourth-order valence-electron chi connectivity index (χ4n) is 2.76. The average molecular weight is 466 g/mol. The summed E-state index contributed by atoms with van der Waals surface area (Å²) < 4.78 is 29.2. The van der Waals surface area contributed by atoms with Gasteiger partial charge in [-0.05, 0) is 44.0 Å². The summed E-state index contributed by atoms with van der Waals surface area (Å²) in [6.07, 6.45) is 0. The molecule has 0 aromatic heterocycles. The summed E-state index contributed by atoms with van der Waals surface area (Å²) in [5.41, 5.74) is 3.97. The predicted octanol–water partition coefficient (Wildman–Crippen LogP) is 5.57. The van der Waals surface area contributed by atoms with Gasteiger partial charge in [0, 0.05) is 12.1 Å². The summed E-state index contributed by atoms with van der Waals surface area (Å²) in [6.45, 7) is 6.54. The first kappa shape index (κ1) is 28.2. The highest BCUT2D eigenvalue weighted by Crippen LogP contribution is 2.19. The van der Waals surface area contributed by atoms with Gasteiger partial charge < -0.3 is 5.32 Å². The highest BCUT2D eigenvalue weighted by atomic mass is 32.2. The molecule has 3 aromatic rings. The maximum absolute atomic E-state index is 10.4. The van der Waals surface area contributed by atoms with Crippen LogP contribution in [0.2, 0.25) is 0 Å². The summed E-state index contributed by atoms with van der Waals surface area (Å²) in [5.74, 6) is 0. The Bertz CT molecular complexity index is 948. The van der Waals surface area contributed by atoms with Crippen molar-refractivity contribution in [2.24, 2.45) is 0 Å². The number of nitrogens with one attached hydrogen (secondary N) is 1. The van der Waals surface area contributed by atoms with E-state index in [1.807, 2.05) is 0 Å². The molecule has 3 rings (SSSR count). The van der Waals surface area contributed by atoms with Crippen LogP contribution in [0.3, 0.4) is 0 Å². The lowest BCUT2D eigenvalue weighted by Crippen LogP contribution is -2.22. The van der Waals surface area contributed by atoms with Crippen molar-refractivity contribution in [1.29, 1.82) is 0 Å². The maximum atomic E-state index is 10.4. The van der Waals surface area contributed by atoms with Gasteiger partial charge >= 0.3 is 0 Å². The fourth-order valence-corrected chi connectivity index (χ4v) is 3.26. The van der Waals surface area contributed by atoms with Gasteiger partial charge in [0.2, 0.25) is 0 Å². The second kappa shape index (κ2) is 13.5. The van der Waals surface area contributed by atoms with Crippen molar-refractivity contribution in [3.63, 3.8) is 0 Å². The van der Waals surface area contributed by atoms with E-state index in [1.165, 1.54) is 28.8 Å². The van der Waals surface area contributed by atoms with E-state index in [0.29, 0.717) is 12.1 Å². The molecule has 0 saturated carbocycles. The van der Waals surface area contributed by atoms with E-state index >= 15 is 0 Å². The fraction of sp³-hybridized carbons (Fsp3) is 0.217. The molecule has 4 nitrogen and oxygen atoms in total. The minimum atomic E-state index is -4.00. The Morgan fingerprint density at radius 2 is 1.10 bits per heavy atom. The Balaban J connectivity index is 0.000000604. The summed E-state index contributed by atoms with van der Waals surface area (Å²) in [5, 5.41) is 3.63. The molecule has 0 amide bonds. The summed E-state index contributed by atoms with van der Waals surface area (Å²) in [4.78, 5) is -0.0741. The molecule has 0 spiro atoms. The third-order valence-corrected chi connectivity index (χ3v) is 5.29. The van der Waals surface area contributed by atoms with E-state index in [2.05, 4.69) is 80.7 Å². The van der Waals surface area contributed by atoms with Crippen molar-refractivity contribution in [2.45, 2.75) is 37.8 Å². The molecule has 7 heteroatoms. The second-order valence-corrected chi connectivity index (χ2v) is 8.14. The normalized spacial score (nSPS) is 12.3. The quantitative estimate of drug-likeness (QED) is 0.484. The topological polar surface area (TPSA) is 66.4 Å². The van der Waals surface area contributed by atoms with Crippen LogP contribution in [0, 0.1) is 6.92 Å². The molecule has 0 aliphatic carbocycles. The van der Waals surface area contributed by atoms with Crippen LogP contribution in [0.4, 0.5) is 0 Å². The monoisotopic (exact) mass is 465 g/mol. The van der Waals surface area contributed by atoms with Crippen LogP contribution in [0.1, 0.15) is 42.6 Å². The third-order valence-electron chi connectivity index (χ3n) is 4.42. The van der Waals surface area contributed by atoms with E-state index in [-0.39, 0.29) is 31.9 Å². The number of benzene rings is 3. The lowest BCUT2D eigenvalue weighted by molar-refractivity contribution is 0.483. The third kappa shape index (κ3) is 9.36. The van der Waals surface area contributed by atoms with Crippen LogP contribution < -0.4 is 5.32 Å². The molecule has 0 radical (unpaired) electrons. The first-order chi connectivity index (χ1) is 13.3. The second-order valence-electron chi connectivity index (χ2n) is 6.72. The predicted molar refractivity (Wildman–Crippen MR) is 135 cm³/mol. The molecule has 0 saturated heterocycles. The van der Waals surface area contributed by atoms with Gasteiger partial charge in [-0.25, -0.2) is 0 Å². The minimum Gasteiger partial charge on any atom is -0.304 e. The molecule has 30 heavy (non-hydrogen) atoms. The Kier molecular flexibility index (Phi) is 12.7. The summed E-state index contributed by atoms with van der Waals surface area (Å²) in [7, 11) is -4.00. The molecule has 164 valence electrons. The highest BCUT2D eigenvalue weighted by Gasteiger charge is 2.10. The van der Waals surface area contributed by atoms with Gasteiger partial charge in [0.15, 0.2) is 0 Å². The zero-order valence-electron chi connectivity index (χ0n) is 17.4. The SMILES string of the molecule is Cc1ccc([C@H](C)N[C@@H](C)c2ccccc2)cc1.O=S(=O)(O)c1ccccc1.S.S. The summed E-state index contributed by atoms with van der Waals surface area (Å²) >= 11 is 0. The Morgan fingerprint density at radius 3 is 1.50 bits per heavy atom. The average Bonchev–Trinajstić information content (AvgIpc) is 2.69. The molecule has 0 bridgehead atoms. The van der Waals surface area contributed by atoms with E-state index in [1.54, 1.807) is 18.2 Å². The van der Waals surface area contributed by atoms with Crippen LogP contribution in [-0.4, -0.2) is 13.0 Å².